The maximum atomic E-state index is 10.4. The lowest BCUT2D eigenvalue weighted by atomic mass is 10.4. The Bertz CT molecular complexity index is 157. The van der Waals surface area contributed by atoms with Gasteiger partial charge in [-0.15, -0.1) is 0 Å². The van der Waals surface area contributed by atoms with E-state index in [9.17, 15) is 4.79 Å². The van der Waals surface area contributed by atoms with Gasteiger partial charge < -0.3 is 10.8 Å². The number of hydrogen-bond acceptors (Lipinski definition) is 3. The van der Waals surface area contributed by atoms with Gasteiger partial charge in [0.2, 0.25) is 0 Å². The van der Waals surface area contributed by atoms with E-state index in [1.54, 1.807) is 0 Å². The van der Waals surface area contributed by atoms with Crippen LogP contribution in [0.15, 0.2) is 0 Å². The molecule has 0 aromatic rings. The van der Waals surface area contributed by atoms with Crippen molar-refractivity contribution in [3.63, 3.8) is 0 Å². The van der Waals surface area contributed by atoms with E-state index in [4.69, 9.17) is 10.8 Å². The summed E-state index contributed by atoms with van der Waals surface area (Å²) >= 11 is 4.20. The standard InChI is InChI=1S/C6H15NO2SSi/c1-11(2,3)6(10)4(7)5(8)9/h4,6,10H,7H2,1-3H3,(H,8,9)/t4-,6?/m1/s1. The molecule has 0 amide bonds. The Labute approximate surface area is 73.4 Å². The van der Waals surface area contributed by atoms with Crippen LogP contribution in [0.1, 0.15) is 0 Å². The summed E-state index contributed by atoms with van der Waals surface area (Å²) < 4.78 is 0. The molecule has 2 atom stereocenters. The Kier molecular flexibility index (Phi) is 3.60. The molecule has 0 aliphatic rings. The van der Waals surface area contributed by atoms with E-state index in [1.807, 2.05) is 19.6 Å². The molecular formula is C6H15NO2SSi. The molecule has 3 nitrogen and oxygen atoms in total. The molecule has 3 N–H and O–H groups in total. The van der Waals surface area contributed by atoms with Gasteiger partial charge in [-0.1, -0.05) is 19.6 Å². The number of carboxylic acid groups (broad SMARTS) is 1. The number of aliphatic carboxylic acids is 1. The van der Waals surface area contributed by atoms with Crippen LogP contribution in [0.25, 0.3) is 0 Å². The molecule has 0 aromatic carbocycles. The van der Waals surface area contributed by atoms with Crippen molar-refractivity contribution in [1.82, 2.24) is 0 Å². The van der Waals surface area contributed by atoms with Crippen molar-refractivity contribution in [2.45, 2.75) is 30.6 Å². The highest BCUT2D eigenvalue weighted by Gasteiger charge is 2.32. The topological polar surface area (TPSA) is 63.3 Å². The summed E-state index contributed by atoms with van der Waals surface area (Å²) in [4.78, 5) is 10.3. The van der Waals surface area contributed by atoms with Gasteiger partial charge in [-0.25, -0.2) is 0 Å². The van der Waals surface area contributed by atoms with Crippen molar-refractivity contribution >= 4 is 26.7 Å². The van der Waals surface area contributed by atoms with Gasteiger partial charge in [0.15, 0.2) is 0 Å². The minimum absolute atomic E-state index is 0.181. The second-order valence-corrected chi connectivity index (χ2v) is 10.1. The maximum Gasteiger partial charge on any atom is 0.321 e. The minimum Gasteiger partial charge on any atom is -0.480 e. The normalized spacial score (nSPS) is 17.5. The van der Waals surface area contributed by atoms with E-state index < -0.39 is 20.1 Å². The number of thiol groups is 1. The van der Waals surface area contributed by atoms with Crippen molar-refractivity contribution in [1.29, 1.82) is 0 Å². The number of nitrogens with two attached hydrogens (primary N) is 1. The molecule has 0 radical (unpaired) electrons. The molecule has 0 aliphatic heterocycles. The molecule has 11 heavy (non-hydrogen) atoms. The summed E-state index contributed by atoms with van der Waals surface area (Å²) in [6.07, 6.45) is 0. The zero-order chi connectivity index (χ0) is 9.23. The molecule has 0 saturated heterocycles. The zero-order valence-electron chi connectivity index (χ0n) is 7.03. The first-order valence-electron chi connectivity index (χ1n) is 3.43. The van der Waals surface area contributed by atoms with Gasteiger partial charge in [0.25, 0.3) is 0 Å². The van der Waals surface area contributed by atoms with Gasteiger partial charge in [-0.05, 0) is 0 Å². The Morgan fingerprint density at radius 2 is 1.91 bits per heavy atom. The highest BCUT2D eigenvalue weighted by atomic mass is 32.1. The Hall–Kier alpha value is -0.00312. The van der Waals surface area contributed by atoms with Crippen LogP contribution in [-0.2, 0) is 4.79 Å². The van der Waals surface area contributed by atoms with Crippen LogP contribution in [0.4, 0.5) is 0 Å². The summed E-state index contributed by atoms with van der Waals surface area (Å²) in [6.45, 7) is 6.15. The molecular weight excluding hydrogens is 178 g/mol. The third-order valence-corrected chi connectivity index (χ3v) is 6.29. The van der Waals surface area contributed by atoms with Crippen molar-refractivity contribution in [2.24, 2.45) is 5.73 Å². The first-order valence-corrected chi connectivity index (χ1v) is 7.52. The van der Waals surface area contributed by atoms with Crippen LogP contribution in [0.5, 0.6) is 0 Å². The Balaban J connectivity index is 4.25. The SMILES string of the molecule is C[Si](C)(C)C(S)[C@H](N)C(=O)O. The van der Waals surface area contributed by atoms with Crippen LogP contribution in [-0.4, -0.2) is 30.1 Å². The second kappa shape index (κ2) is 3.60. The number of carbonyl (C=O) groups is 1. The summed E-state index contributed by atoms with van der Waals surface area (Å²) in [6, 6.07) is -0.829. The van der Waals surface area contributed by atoms with Crippen molar-refractivity contribution in [3.05, 3.63) is 0 Å². The largest absolute Gasteiger partial charge is 0.480 e. The highest BCUT2D eigenvalue weighted by Crippen LogP contribution is 2.16. The monoisotopic (exact) mass is 193 g/mol. The van der Waals surface area contributed by atoms with Gasteiger partial charge in [-0.3, -0.25) is 4.79 Å². The number of carboxylic acids is 1. The molecule has 0 saturated carbocycles. The van der Waals surface area contributed by atoms with E-state index in [-0.39, 0.29) is 4.87 Å². The summed E-state index contributed by atoms with van der Waals surface area (Å²) in [5.41, 5.74) is 5.40. The van der Waals surface area contributed by atoms with Crippen LogP contribution in [0.2, 0.25) is 19.6 Å². The van der Waals surface area contributed by atoms with E-state index in [1.165, 1.54) is 0 Å². The third kappa shape index (κ3) is 3.26. The minimum atomic E-state index is -1.53. The summed E-state index contributed by atoms with van der Waals surface area (Å²) in [5.74, 6) is -0.965. The lowest BCUT2D eigenvalue weighted by Gasteiger charge is -2.26. The molecule has 66 valence electrons. The van der Waals surface area contributed by atoms with Gasteiger partial charge in [-0.2, -0.15) is 12.6 Å². The van der Waals surface area contributed by atoms with Gasteiger partial charge in [0.05, 0.1) is 8.07 Å². The van der Waals surface area contributed by atoms with Crippen LogP contribution < -0.4 is 5.73 Å². The highest BCUT2D eigenvalue weighted by molar-refractivity contribution is 7.83. The Morgan fingerprint density at radius 3 is 2.00 bits per heavy atom. The zero-order valence-corrected chi connectivity index (χ0v) is 8.93. The maximum absolute atomic E-state index is 10.4. The van der Waals surface area contributed by atoms with Crippen molar-refractivity contribution in [3.8, 4) is 0 Å². The predicted molar refractivity (Wildman–Crippen MR) is 51.7 cm³/mol. The molecule has 1 unspecified atom stereocenters. The molecule has 5 heteroatoms. The Morgan fingerprint density at radius 1 is 1.55 bits per heavy atom. The van der Waals surface area contributed by atoms with Crippen LogP contribution in [0, 0.1) is 0 Å². The van der Waals surface area contributed by atoms with E-state index >= 15 is 0 Å². The average molecular weight is 193 g/mol. The second-order valence-electron chi connectivity index (χ2n) is 3.67. The fourth-order valence-electron chi connectivity index (χ4n) is 0.674. The fourth-order valence-corrected chi connectivity index (χ4v) is 2.02. The average Bonchev–Trinajstić information content (AvgIpc) is 1.82. The number of hydrogen-bond donors (Lipinski definition) is 3. The van der Waals surface area contributed by atoms with E-state index in [0.29, 0.717) is 0 Å². The first kappa shape index (κ1) is 11.0. The van der Waals surface area contributed by atoms with Gasteiger partial charge in [0, 0.05) is 4.87 Å². The fraction of sp³-hybridized carbons (Fsp3) is 0.833. The lowest BCUT2D eigenvalue weighted by Crippen LogP contribution is -2.51. The molecule has 0 bridgehead atoms. The van der Waals surface area contributed by atoms with Gasteiger partial charge >= 0.3 is 5.97 Å². The van der Waals surface area contributed by atoms with Crippen LogP contribution >= 0.6 is 12.6 Å². The van der Waals surface area contributed by atoms with E-state index in [0.717, 1.165) is 0 Å². The number of rotatable bonds is 3. The predicted octanol–water partition coefficient (Wildman–Crippen LogP) is 0.574. The molecule has 0 aliphatic carbocycles. The van der Waals surface area contributed by atoms with Crippen molar-refractivity contribution < 1.29 is 9.90 Å². The third-order valence-electron chi connectivity index (χ3n) is 1.51. The lowest BCUT2D eigenvalue weighted by molar-refractivity contribution is -0.138. The summed E-state index contributed by atoms with van der Waals surface area (Å²) in [7, 11) is -1.53. The molecule has 0 fully saturated rings. The quantitative estimate of drug-likeness (QED) is 0.454. The van der Waals surface area contributed by atoms with E-state index in [2.05, 4.69) is 12.6 Å². The molecule has 0 heterocycles. The van der Waals surface area contributed by atoms with Crippen LogP contribution in [0.3, 0.4) is 0 Å². The van der Waals surface area contributed by atoms with Crippen molar-refractivity contribution in [2.75, 3.05) is 0 Å². The molecule has 0 aromatic heterocycles. The summed E-state index contributed by atoms with van der Waals surface area (Å²) in [5, 5.41) is 8.56. The molecule has 0 spiro atoms. The van der Waals surface area contributed by atoms with Gasteiger partial charge in [0.1, 0.15) is 6.04 Å². The smallest absolute Gasteiger partial charge is 0.321 e. The molecule has 0 rings (SSSR count). The first-order chi connectivity index (χ1) is 4.76.